The Kier molecular flexibility index (Phi) is 8.89. The van der Waals surface area contributed by atoms with Crippen LogP contribution in [0.15, 0.2) is 4.99 Å². The zero-order valence-electron chi connectivity index (χ0n) is 15.7. The summed E-state index contributed by atoms with van der Waals surface area (Å²) in [6.45, 7) is 12.6. The molecule has 1 aliphatic heterocycles. The van der Waals surface area contributed by atoms with Gasteiger partial charge in [-0.25, -0.2) is 4.79 Å². The predicted molar refractivity (Wildman–Crippen MR) is 96.2 cm³/mol. The molecule has 0 bridgehead atoms. The maximum Gasteiger partial charge on any atom is 0.410 e. The second-order valence-corrected chi connectivity index (χ2v) is 7.01. The molecule has 0 unspecified atom stereocenters. The molecule has 0 radical (unpaired) electrons. The van der Waals surface area contributed by atoms with Crippen molar-refractivity contribution in [2.75, 3.05) is 45.9 Å². The average molecular weight is 342 g/mol. The molecule has 24 heavy (non-hydrogen) atoms. The minimum absolute atomic E-state index is 0.262. The molecule has 0 spiro atoms. The van der Waals surface area contributed by atoms with E-state index < -0.39 is 5.60 Å². The van der Waals surface area contributed by atoms with Gasteiger partial charge in [0, 0.05) is 45.9 Å². The summed E-state index contributed by atoms with van der Waals surface area (Å²) in [7, 11) is 0. The van der Waals surface area contributed by atoms with Gasteiger partial charge in [-0.05, 0) is 33.6 Å². The molecule has 0 saturated carbocycles. The number of ether oxygens (including phenoxy) is 2. The average Bonchev–Trinajstić information content (AvgIpc) is 2.52. The van der Waals surface area contributed by atoms with Crippen molar-refractivity contribution in [3.63, 3.8) is 0 Å². The van der Waals surface area contributed by atoms with E-state index in [1.54, 1.807) is 4.90 Å². The molecule has 0 aromatic carbocycles. The summed E-state index contributed by atoms with van der Waals surface area (Å²) in [5, 5.41) is 0. The first-order valence-corrected chi connectivity index (χ1v) is 8.94. The van der Waals surface area contributed by atoms with Crippen LogP contribution in [0.5, 0.6) is 0 Å². The Balaban J connectivity index is 2.23. The Morgan fingerprint density at radius 2 is 1.67 bits per heavy atom. The molecule has 1 fully saturated rings. The number of guanidine groups is 1. The van der Waals surface area contributed by atoms with Crippen molar-refractivity contribution in [2.45, 2.75) is 52.6 Å². The van der Waals surface area contributed by atoms with Crippen molar-refractivity contribution in [1.82, 2.24) is 9.80 Å². The van der Waals surface area contributed by atoms with Crippen molar-refractivity contribution in [1.29, 1.82) is 0 Å². The number of rotatable bonds is 7. The lowest BCUT2D eigenvalue weighted by Gasteiger charge is -2.36. The molecule has 1 aliphatic rings. The van der Waals surface area contributed by atoms with Gasteiger partial charge in [0.1, 0.15) is 5.60 Å². The van der Waals surface area contributed by atoms with E-state index in [2.05, 4.69) is 11.9 Å². The molecule has 2 N–H and O–H groups in total. The summed E-state index contributed by atoms with van der Waals surface area (Å²) >= 11 is 0. The van der Waals surface area contributed by atoms with E-state index >= 15 is 0 Å². The Labute approximate surface area is 146 Å². The molecule has 7 heteroatoms. The van der Waals surface area contributed by atoms with Crippen LogP contribution >= 0.6 is 0 Å². The third-order valence-electron chi connectivity index (χ3n) is 3.62. The Morgan fingerprint density at radius 3 is 2.25 bits per heavy atom. The number of unbranched alkanes of at least 4 members (excludes halogenated alkanes) is 1. The van der Waals surface area contributed by atoms with Gasteiger partial charge in [0.15, 0.2) is 5.96 Å². The second-order valence-electron chi connectivity index (χ2n) is 7.01. The van der Waals surface area contributed by atoms with Crippen molar-refractivity contribution in [2.24, 2.45) is 10.7 Å². The van der Waals surface area contributed by atoms with Crippen molar-refractivity contribution in [3.05, 3.63) is 0 Å². The van der Waals surface area contributed by atoms with Crippen LogP contribution in [0.3, 0.4) is 0 Å². The molecule has 0 aliphatic carbocycles. The van der Waals surface area contributed by atoms with Gasteiger partial charge >= 0.3 is 6.09 Å². The molecule has 1 rings (SSSR count). The number of nitrogens with two attached hydrogens (primary N) is 1. The fourth-order valence-corrected chi connectivity index (χ4v) is 2.25. The lowest BCUT2D eigenvalue weighted by molar-refractivity contribution is 0.0186. The van der Waals surface area contributed by atoms with E-state index in [1.807, 2.05) is 25.7 Å². The highest BCUT2D eigenvalue weighted by molar-refractivity contribution is 5.78. The van der Waals surface area contributed by atoms with E-state index in [-0.39, 0.29) is 6.09 Å². The number of amides is 1. The zero-order valence-corrected chi connectivity index (χ0v) is 15.7. The monoisotopic (exact) mass is 342 g/mol. The number of carbonyl (C=O) groups excluding carboxylic acids is 1. The van der Waals surface area contributed by atoms with Gasteiger partial charge < -0.3 is 25.0 Å². The van der Waals surface area contributed by atoms with Crippen LogP contribution in [0.4, 0.5) is 4.79 Å². The molecule has 7 nitrogen and oxygen atoms in total. The molecule has 0 atom stereocenters. The van der Waals surface area contributed by atoms with E-state index in [1.165, 1.54) is 0 Å². The van der Waals surface area contributed by atoms with Gasteiger partial charge in [-0.1, -0.05) is 13.3 Å². The maximum atomic E-state index is 12.0. The van der Waals surface area contributed by atoms with Gasteiger partial charge in [-0.15, -0.1) is 0 Å². The highest BCUT2D eigenvalue weighted by atomic mass is 16.6. The van der Waals surface area contributed by atoms with Crippen LogP contribution in [-0.2, 0) is 9.47 Å². The van der Waals surface area contributed by atoms with Crippen LogP contribution in [0.2, 0.25) is 0 Å². The lowest BCUT2D eigenvalue weighted by Crippen LogP contribution is -2.53. The largest absolute Gasteiger partial charge is 0.444 e. The first kappa shape index (κ1) is 20.5. The summed E-state index contributed by atoms with van der Waals surface area (Å²) in [4.78, 5) is 20.2. The lowest BCUT2D eigenvalue weighted by atomic mass is 10.2. The van der Waals surface area contributed by atoms with E-state index in [0.29, 0.717) is 38.7 Å². The van der Waals surface area contributed by atoms with Gasteiger partial charge in [0.2, 0.25) is 0 Å². The summed E-state index contributed by atoms with van der Waals surface area (Å²) in [5.41, 5.74) is 5.57. The third-order valence-corrected chi connectivity index (χ3v) is 3.62. The summed E-state index contributed by atoms with van der Waals surface area (Å²) < 4.78 is 10.9. The van der Waals surface area contributed by atoms with Crippen molar-refractivity contribution < 1.29 is 14.3 Å². The predicted octanol–water partition coefficient (Wildman–Crippen LogP) is 2.06. The molecule has 140 valence electrons. The fourth-order valence-electron chi connectivity index (χ4n) is 2.25. The van der Waals surface area contributed by atoms with E-state index in [0.717, 1.165) is 32.5 Å². The SMILES string of the molecule is CCCCOCCCN=C(N)N1CCN(C(=O)OC(C)(C)C)CC1. The normalized spacial score (nSPS) is 16.4. The van der Waals surface area contributed by atoms with Crippen LogP contribution < -0.4 is 5.73 Å². The van der Waals surface area contributed by atoms with E-state index in [9.17, 15) is 4.79 Å². The number of hydrogen-bond donors (Lipinski definition) is 1. The van der Waals surface area contributed by atoms with Crippen LogP contribution in [0, 0.1) is 0 Å². The smallest absolute Gasteiger partial charge is 0.410 e. The summed E-state index contributed by atoms with van der Waals surface area (Å²) in [6.07, 6.45) is 2.87. The Bertz CT molecular complexity index is 399. The molecular formula is C17H34N4O3. The molecular weight excluding hydrogens is 308 g/mol. The Morgan fingerprint density at radius 1 is 1.08 bits per heavy atom. The van der Waals surface area contributed by atoms with Gasteiger partial charge in [-0.2, -0.15) is 0 Å². The van der Waals surface area contributed by atoms with Crippen molar-refractivity contribution >= 4 is 12.1 Å². The minimum Gasteiger partial charge on any atom is -0.444 e. The van der Waals surface area contributed by atoms with Crippen LogP contribution in [-0.4, -0.2) is 73.4 Å². The first-order chi connectivity index (χ1) is 11.3. The van der Waals surface area contributed by atoms with Crippen LogP contribution in [0.25, 0.3) is 0 Å². The number of piperazine rings is 1. The number of aliphatic imine (C=N–C) groups is 1. The molecule has 0 aromatic rings. The van der Waals surface area contributed by atoms with E-state index in [4.69, 9.17) is 15.2 Å². The summed E-state index contributed by atoms with van der Waals surface area (Å²) in [6, 6.07) is 0. The number of carbonyl (C=O) groups is 1. The molecule has 1 amide bonds. The third kappa shape index (κ3) is 8.38. The Hall–Kier alpha value is -1.50. The topological polar surface area (TPSA) is 80.4 Å². The first-order valence-electron chi connectivity index (χ1n) is 8.94. The highest BCUT2D eigenvalue weighted by Gasteiger charge is 2.26. The van der Waals surface area contributed by atoms with Gasteiger partial charge in [-0.3, -0.25) is 4.99 Å². The molecule has 1 saturated heterocycles. The quantitative estimate of drug-likeness (QED) is 0.435. The van der Waals surface area contributed by atoms with Crippen molar-refractivity contribution in [3.8, 4) is 0 Å². The van der Waals surface area contributed by atoms with Crippen LogP contribution in [0.1, 0.15) is 47.0 Å². The molecule has 1 heterocycles. The molecule has 0 aromatic heterocycles. The number of nitrogens with zero attached hydrogens (tertiary/aromatic N) is 3. The minimum atomic E-state index is -0.464. The maximum absolute atomic E-state index is 12.0. The highest BCUT2D eigenvalue weighted by Crippen LogP contribution is 2.11. The fraction of sp³-hybridized carbons (Fsp3) is 0.882. The standard InChI is InChI=1S/C17H34N4O3/c1-5-6-13-23-14-7-8-19-15(18)20-9-11-21(12-10-20)16(22)24-17(2,3)4/h5-14H2,1-4H3,(H2,18,19). The van der Waals surface area contributed by atoms with Gasteiger partial charge in [0.05, 0.1) is 0 Å². The second kappa shape index (κ2) is 10.4. The zero-order chi connectivity index (χ0) is 18.0. The number of hydrogen-bond acceptors (Lipinski definition) is 4. The summed E-state index contributed by atoms with van der Waals surface area (Å²) in [5.74, 6) is 0.549. The van der Waals surface area contributed by atoms with Gasteiger partial charge in [0.25, 0.3) is 0 Å².